The summed E-state index contributed by atoms with van der Waals surface area (Å²) in [5, 5.41) is 30.1. The topological polar surface area (TPSA) is 111 Å². The first-order chi connectivity index (χ1) is 17.5. The number of azo groups is 1. The first-order valence-electron chi connectivity index (χ1n) is 11.8. The van der Waals surface area contributed by atoms with E-state index in [1.807, 2.05) is 25.7 Å². The molecule has 0 spiro atoms. The Morgan fingerprint density at radius 3 is 2.59 bits per heavy atom. The molecule has 5 rings (SSSR count). The molecule has 194 valence electrons. The zero-order valence-electron chi connectivity index (χ0n) is 20.6. The second-order valence-electron chi connectivity index (χ2n) is 10.0. The minimum Gasteiger partial charge on any atom is -0.506 e. The molecule has 2 aromatic carbocycles. The number of amides is 1. The standard InChI is InChI=1S/C26H26ClFN4O5/c1-26(2,3)37-25(35)32-8-6-31(7-9-32)13-17-22(33)18(27)11-16-23(34)21(36-24(16)17)12-20-15-10-14(28)4-5-19(15)29-30-20/h4-5,10-12,33-34H,6-9,13H2,1-3H3. The third kappa shape index (κ3) is 4.99. The van der Waals surface area contributed by atoms with Gasteiger partial charge in [-0.1, -0.05) is 11.6 Å². The molecular formula is C26H26ClFN4O5. The Hall–Kier alpha value is -3.63. The van der Waals surface area contributed by atoms with E-state index in [0.29, 0.717) is 54.1 Å². The van der Waals surface area contributed by atoms with Crippen LogP contribution >= 0.6 is 11.6 Å². The summed E-state index contributed by atoms with van der Waals surface area (Å²) in [6.45, 7) is 7.75. The number of rotatable bonds is 3. The average Bonchev–Trinajstić information content (AvgIpc) is 3.37. The van der Waals surface area contributed by atoms with Crippen LogP contribution < -0.4 is 0 Å². The highest BCUT2D eigenvalue weighted by atomic mass is 35.5. The third-order valence-electron chi connectivity index (χ3n) is 6.18. The van der Waals surface area contributed by atoms with Crippen molar-refractivity contribution >= 4 is 46.1 Å². The number of phenols is 1. The summed E-state index contributed by atoms with van der Waals surface area (Å²) in [5.41, 5.74) is 1.43. The van der Waals surface area contributed by atoms with Crippen LogP contribution in [0.1, 0.15) is 37.7 Å². The van der Waals surface area contributed by atoms with Crippen molar-refractivity contribution in [2.75, 3.05) is 26.2 Å². The van der Waals surface area contributed by atoms with Gasteiger partial charge in [-0.15, -0.1) is 10.2 Å². The highest BCUT2D eigenvalue weighted by Gasteiger charge is 2.28. The molecule has 0 radical (unpaired) electrons. The molecule has 1 fully saturated rings. The number of hydrogen-bond acceptors (Lipinski definition) is 8. The summed E-state index contributed by atoms with van der Waals surface area (Å²) in [6.07, 6.45) is 1.11. The number of fused-ring (bicyclic) bond motifs is 2. The van der Waals surface area contributed by atoms with Gasteiger partial charge in [-0.2, -0.15) is 0 Å². The van der Waals surface area contributed by atoms with Crippen molar-refractivity contribution in [3.63, 3.8) is 0 Å². The maximum Gasteiger partial charge on any atom is 0.410 e. The lowest BCUT2D eigenvalue weighted by Crippen LogP contribution is -2.49. The Morgan fingerprint density at radius 1 is 1.16 bits per heavy atom. The van der Waals surface area contributed by atoms with E-state index in [-0.39, 0.29) is 40.5 Å². The molecule has 37 heavy (non-hydrogen) atoms. The largest absolute Gasteiger partial charge is 0.506 e. The molecule has 0 atom stereocenters. The van der Waals surface area contributed by atoms with Gasteiger partial charge in [0.2, 0.25) is 0 Å². The van der Waals surface area contributed by atoms with E-state index >= 15 is 0 Å². The maximum atomic E-state index is 13.8. The van der Waals surface area contributed by atoms with Crippen molar-refractivity contribution in [1.82, 2.24) is 9.80 Å². The zero-order valence-corrected chi connectivity index (χ0v) is 21.3. The first kappa shape index (κ1) is 25.0. The number of furan rings is 1. The summed E-state index contributed by atoms with van der Waals surface area (Å²) in [7, 11) is 0. The minimum absolute atomic E-state index is 0.0677. The van der Waals surface area contributed by atoms with E-state index in [0.717, 1.165) is 0 Å². The van der Waals surface area contributed by atoms with E-state index in [2.05, 4.69) is 10.2 Å². The van der Waals surface area contributed by atoms with Gasteiger partial charge in [0.05, 0.1) is 27.4 Å². The van der Waals surface area contributed by atoms with Gasteiger partial charge < -0.3 is 24.3 Å². The van der Waals surface area contributed by atoms with Gasteiger partial charge in [0.15, 0.2) is 11.5 Å². The minimum atomic E-state index is -0.573. The molecule has 2 N–H and O–H groups in total. The molecule has 3 aromatic rings. The molecule has 0 saturated carbocycles. The Balaban J connectivity index is 1.41. The lowest BCUT2D eigenvalue weighted by Gasteiger charge is -2.35. The summed E-state index contributed by atoms with van der Waals surface area (Å²) >= 11 is 6.29. The van der Waals surface area contributed by atoms with E-state index < -0.39 is 11.4 Å². The normalized spacial score (nSPS) is 17.1. The molecule has 2 aliphatic rings. The van der Waals surface area contributed by atoms with Crippen LogP contribution in [0, 0.1) is 5.82 Å². The van der Waals surface area contributed by atoms with Crippen molar-refractivity contribution in [3.05, 3.63) is 52.0 Å². The van der Waals surface area contributed by atoms with Crippen LogP contribution in [-0.4, -0.2) is 57.9 Å². The molecule has 2 aliphatic heterocycles. The number of nitrogens with zero attached hydrogens (tertiary/aromatic N) is 4. The van der Waals surface area contributed by atoms with Crippen molar-refractivity contribution < 1.29 is 28.6 Å². The molecule has 9 nitrogen and oxygen atoms in total. The van der Waals surface area contributed by atoms with Gasteiger partial charge >= 0.3 is 6.09 Å². The third-order valence-corrected chi connectivity index (χ3v) is 6.46. The Labute approximate surface area is 217 Å². The van der Waals surface area contributed by atoms with E-state index in [4.69, 9.17) is 20.8 Å². The van der Waals surface area contributed by atoms with Crippen LogP contribution in [0.2, 0.25) is 5.02 Å². The predicted molar refractivity (Wildman–Crippen MR) is 136 cm³/mol. The zero-order chi connectivity index (χ0) is 26.5. The smallest absolute Gasteiger partial charge is 0.410 e. The quantitative estimate of drug-likeness (QED) is 0.413. The molecular weight excluding hydrogens is 503 g/mol. The Bertz CT molecular complexity index is 1450. The number of carbonyl (C=O) groups is 1. The molecule has 1 amide bonds. The van der Waals surface area contributed by atoms with Crippen molar-refractivity contribution in [1.29, 1.82) is 0 Å². The van der Waals surface area contributed by atoms with Crippen LogP contribution in [0.4, 0.5) is 14.9 Å². The molecule has 0 unspecified atom stereocenters. The fraction of sp³-hybridized carbons (Fsp3) is 0.346. The lowest BCUT2D eigenvalue weighted by atomic mass is 10.1. The van der Waals surface area contributed by atoms with Gasteiger partial charge in [0.1, 0.15) is 22.8 Å². The number of hydrogen-bond donors (Lipinski definition) is 2. The second kappa shape index (κ2) is 9.35. The van der Waals surface area contributed by atoms with Crippen molar-refractivity contribution in [2.45, 2.75) is 32.9 Å². The van der Waals surface area contributed by atoms with Gasteiger partial charge in [0.25, 0.3) is 0 Å². The number of ether oxygens (including phenoxy) is 1. The summed E-state index contributed by atoms with van der Waals surface area (Å²) in [5.74, 6) is -0.680. The van der Waals surface area contributed by atoms with Crippen LogP contribution in [0.5, 0.6) is 11.5 Å². The maximum absolute atomic E-state index is 13.8. The van der Waals surface area contributed by atoms with Crippen molar-refractivity contribution in [2.24, 2.45) is 10.2 Å². The summed E-state index contributed by atoms with van der Waals surface area (Å²) < 4.78 is 25.2. The van der Waals surface area contributed by atoms with Gasteiger partial charge in [-0.25, -0.2) is 9.18 Å². The van der Waals surface area contributed by atoms with Gasteiger partial charge in [-0.05, 0) is 45.0 Å². The molecule has 11 heteroatoms. The van der Waals surface area contributed by atoms with Crippen LogP contribution in [0.15, 0.2) is 38.9 Å². The van der Waals surface area contributed by atoms with E-state index in [1.165, 1.54) is 30.3 Å². The van der Waals surface area contributed by atoms with Gasteiger partial charge in [-0.3, -0.25) is 4.90 Å². The Morgan fingerprint density at radius 2 is 1.89 bits per heavy atom. The lowest BCUT2D eigenvalue weighted by molar-refractivity contribution is 0.0138. The summed E-state index contributed by atoms with van der Waals surface area (Å²) in [4.78, 5) is 16.1. The molecule has 0 aliphatic carbocycles. The molecule has 1 aromatic heterocycles. The highest BCUT2D eigenvalue weighted by molar-refractivity contribution is 6.33. The SMILES string of the molecule is CC(C)(C)OC(=O)N1CCN(Cc2c(O)c(Cl)cc3c(O)c(C=C4N=Nc5ccc(F)cc54)oc23)CC1. The van der Waals surface area contributed by atoms with E-state index in [9.17, 15) is 19.4 Å². The highest BCUT2D eigenvalue weighted by Crippen LogP contribution is 2.44. The van der Waals surface area contributed by atoms with Gasteiger partial charge in [0, 0.05) is 44.4 Å². The van der Waals surface area contributed by atoms with E-state index in [1.54, 1.807) is 4.90 Å². The molecule has 1 saturated heterocycles. The average molecular weight is 529 g/mol. The number of piperazine rings is 1. The fourth-order valence-electron chi connectivity index (χ4n) is 4.33. The van der Waals surface area contributed by atoms with Crippen LogP contribution in [0.3, 0.4) is 0 Å². The first-order valence-corrected chi connectivity index (χ1v) is 12.2. The molecule has 3 heterocycles. The number of halogens is 2. The predicted octanol–water partition coefficient (Wildman–Crippen LogP) is 6.28. The van der Waals surface area contributed by atoms with Crippen LogP contribution in [0.25, 0.3) is 22.7 Å². The second-order valence-corrected chi connectivity index (χ2v) is 10.4. The number of phenolic OH excluding ortho intramolecular Hbond substituents is 1. The number of aromatic hydroxyl groups is 2. The van der Waals surface area contributed by atoms with Crippen LogP contribution in [-0.2, 0) is 11.3 Å². The molecule has 0 bridgehead atoms. The van der Waals surface area contributed by atoms with Crippen molar-refractivity contribution in [3.8, 4) is 11.5 Å². The Kier molecular flexibility index (Phi) is 6.33. The monoisotopic (exact) mass is 528 g/mol. The summed E-state index contributed by atoms with van der Waals surface area (Å²) in [6, 6.07) is 5.56. The number of benzene rings is 2. The number of carbonyl (C=O) groups excluding carboxylic acids is 1. The fourth-order valence-corrected chi connectivity index (χ4v) is 4.56.